The van der Waals surface area contributed by atoms with Crippen LogP contribution in [0, 0.1) is 0 Å². The van der Waals surface area contributed by atoms with E-state index >= 15 is 0 Å². The summed E-state index contributed by atoms with van der Waals surface area (Å²) in [5, 5.41) is 6.98. The van der Waals surface area contributed by atoms with E-state index in [1.807, 2.05) is 19.2 Å². The Hall–Kier alpha value is -2.68. The molecule has 0 fully saturated rings. The van der Waals surface area contributed by atoms with Crippen molar-refractivity contribution < 1.29 is 4.74 Å². The average Bonchev–Trinajstić information content (AvgIpc) is 2.59. The molecule has 2 N–H and O–H groups in total. The Labute approximate surface area is 155 Å². The Morgan fingerprint density at radius 1 is 1.23 bits per heavy atom. The first-order valence-corrected chi connectivity index (χ1v) is 9.19. The van der Waals surface area contributed by atoms with Crippen LogP contribution in [0.15, 0.2) is 49.1 Å². The zero-order chi connectivity index (χ0) is 18.5. The molecule has 0 bridgehead atoms. The normalized spacial score (nSPS) is 19.1. The fourth-order valence-electron chi connectivity index (χ4n) is 4.34. The molecule has 2 aliphatic heterocycles. The fourth-order valence-corrected chi connectivity index (χ4v) is 4.34. The molecule has 0 spiro atoms. The number of rotatable bonds is 3. The maximum absolute atomic E-state index is 6.44. The van der Waals surface area contributed by atoms with Crippen molar-refractivity contribution in [2.24, 2.45) is 0 Å². The summed E-state index contributed by atoms with van der Waals surface area (Å²) >= 11 is 0. The number of hydrogen-bond acceptors (Lipinski definition) is 3. The summed E-state index contributed by atoms with van der Waals surface area (Å²) in [5.41, 5.74) is 8.43. The van der Waals surface area contributed by atoms with Crippen LogP contribution in [0.2, 0.25) is 0 Å². The second kappa shape index (κ2) is 5.94. The van der Waals surface area contributed by atoms with Crippen molar-refractivity contribution in [2.75, 3.05) is 17.7 Å². The maximum atomic E-state index is 6.44. The lowest BCUT2D eigenvalue weighted by atomic mass is 9.81. The van der Waals surface area contributed by atoms with Crippen LogP contribution < -0.4 is 15.4 Å². The van der Waals surface area contributed by atoms with Crippen LogP contribution in [0.1, 0.15) is 44.4 Å². The number of benzene rings is 2. The minimum absolute atomic E-state index is 0.0246. The van der Waals surface area contributed by atoms with E-state index in [4.69, 9.17) is 4.74 Å². The third kappa shape index (κ3) is 2.50. The van der Waals surface area contributed by atoms with E-state index in [-0.39, 0.29) is 11.6 Å². The predicted molar refractivity (Wildman–Crippen MR) is 111 cm³/mol. The summed E-state index contributed by atoms with van der Waals surface area (Å²) < 4.78 is 6.44. The van der Waals surface area contributed by atoms with Crippen molar-refractivity contribution in [1.29, 1.82) is 0 Å². The van der Waals surface area contributed by atoms with Crippen molar-refractivity contribution in [2.45, 2.75) is 38.8 Å². The molecular formula is C23H26N2O. The van der Waals surface area contributed by atoms with Gasteiger partial charge in [-0.2, -0.15) is 0 Å². The second-order valence-corrected chi connectivity index (χ2v) is 7.68. The third-order valence-corrected chi connectivity index (χ3v) is 5.21. The highest BCUT2D eigenvalue weighted by atomic mass is 16.5. The molecule has 0 saturated heterocycles. The van der Waals surface area contributed by atoms with Gasteiger partial charge in [-0.15, -0.1) is 6.58 Å². The largest absolute Gasteiger partial charge is 0.485 e. The summed E-state index contributed by atoms with van der Waals surface area (Å²) in [4.78, 5) is 0. The predicted octanol–water partition coefficient (Wildman–Crippen LogP) is 6.01. The molecule has 0 amide bonds. The number of fused-ring (bicyclic) bond motifs is 5. The standard InChI is InChI=1S/C23H26N2O/c1-6-8-18-22-15(21-16(24-5)9-7-10-19(21)26-18)11-12-17-20(22)14(2)13-23(3,4)25-17/h6-7,9-13,18,24-25H,1,8H2,2-5H3. The lowest BCUT2D eigenvalue weighted by Crippen LogP contribution is -2.32. The highest BCUT2D eigenvalue weighted by molar-refractivity contribution is 5.93. The molecule has 1 unspecified atom stereocenters. The molecule has 2 aromatic carbocycles. The highest BCUT2D eigenvalue weighted by Gasteiger charge is 2.33. The van der Waals surface area contributed by atoms with Crippen molar-refractivity contribution in [3.63, 3.8) is 0 Å². The van der Waals surface area contributed by atoms with Gasteiger partial charge in [0.1, 0.15) is 11.9 Å². The first kappa shape index (κ1) is 16.8. The molecule has 26 heavy (non-hydrogen) atoms. The van der Waals surface area contributed by atoms with Gasteiger partial charge in [0.2, 0.25) is 0 Å². The van der Waals surface area contributed by atoms with Crippen molar-refractivity contribution in [3.8, 4) is 16.9 Å². The quantitative estimate of drug-likeness (QED) is 0.668. The van der Waals surface area contributed by atoms with Gasteiger partial charge in [0.05, 0.1) is 5.54 Å². The first-order valence-electron chi connectivity index (χ1n) is 9.19. The monoisotopic (exact) mass is 346 g/mol. The Morgan fingerprint density at radius 3 is 2.77 bits per heavy atom. The lowest BCUT2D eigenvalue weighted by Gasteiger charge is -2.37. The first-order chi connectivity index (χ1) is 12.4. The molecule has 0 aliphatic carbocycles. The van der Waals surface area contributed by atoms with Crippen LogP contribution in [-0.4, -0.2) is 12.6 Å². The molecular weight excluding hydrogens is 320 g/mol. The molecule has 1 atom stereocenters. The molecule has 134 valence electrons. The minimum atomic E-state index is -0.0528. The smallest absolute Gasteiger partial charge is 0.130 e. The SMILES string of the molecule is C=CCC1Oc2cccc(NC)c2-c2ccc3c(c21)C(C)=CC(C)(C)N3. The van der Waals surface area contributed by atoms with Crippen LogP contribution in [0.3, 0.4) is 0 Å². The summed E-state index contributed by atoms with van der Waals surface area (Å²) in [6.45, 7) is 10.5. The van der Waals surface area contributed by atoms with E-state index in [2.05, 4.69) is 68.3 Å². The highest BCUT2D eigenvalue weighted by Crippen LogP contribution is 2.51. The maximum Gasteiger partial charge on any atom is 0.130 e. The Kier molecular flexibility index (Phi) is 3.83. The van der Waals surface area contributed by atoms with Gasteiger partial charge in [-0.05, 0) is 50.1 Å². The molecule has 4 rings (SSSR count). The van der Waals surface area contributed by atoms with Crippen LogP contribution in [-0.2, 0) is 0 Å². The average molecular weight is 346 g/mol. The lowest BCUT2D eigenvalue weighted by molar-refractivity contribution is 0.206. The summed E-state index contributed by atoms with van der Waals surface area (Å²) in [6.07, 6.45) is 5.01. The Morgan fingerprint density at radius 2 is 2.04 bits per heavy atom. The van der Waals surface area contributed by atoms with Crippen LogP contribution in [0.4, 0.5) is 11.4 Å². The zero-order valence-corrected chi connectivity index (χ0v) is 15.9. The summed E-state index contributed by atoms with van der Waals surface area (Å²) in [6, 6.07) is 10.6. The fraction of sp³-hybridized carbons (Fsp3) is 0.304. The van der Waals surface area contributed by atoms with Crippen molar-refractivity contribution in [1.82, 2.24) is 0 Å². The van der Waals surface area contributed by atoms with Gasteiger partial charge < -0.3 is 15.4 Å². The summed E-state index contributed by atoms with van der Waals surface area (Å²) in [7, 11) is 1.96. The van der Waals surface area contributed by atoms with Gasteiger partial charge in [-0.25, -0.2) is 0 Å². The van der Waals surface area contributed by atoms with E-state index in [1.54, 1.807) is 0 Å². The van der Waals surface area contributed by atoms with Crippen LogP contribution in [0.5, 0.6) is 5.75 Å². The van der Waals surface area contributed by atoms with Crippen molar-refractivity contribution in [3.05, 3.63) is 60.2 Å². The van der Waals surface area contributed by atoms with Gasteiger partial charge in [0.25, 0.3) is 0 Å². The van der Waals surface area contributed by atoms with E-state index in [9.17, 15) is 0 Å². The zero-order valence-electron chi connectivity index (χ0n) is 15.9. The molecule has 0 radical (unpaired) electrons. The van der Waals surface area contributed by atoms with Gasteiger partial charge in [-0.1, -0.05) is 24.3 Å². The second-order valence-electron chi connectivity index (χ2n) is 7.68. The van der Waals surface area contributed by atoms with Gasteiger partial charge >= 0.3 is 0 Å². The van der Waals surface area contributed by atoms with Gasteiger partial charge in [0, 0.05) is 41.5 Å². The summed E-state index contributed by atoms with van der Waals surface area (Å²) in [5.74, 6) is 0.932. The number of nitrogens with one attached hydrogen (secondary N) is 2. The number of allylic oxidation sites excluding steroid dienone is 1. The van der Waals surface area contributed by atoms with Gasteiger partial charge in [0.15, 0.2) is 0 Å². The molecule has 0 aromatic heterocycles. The molecule has 2 aromatic rings. The third-order valence-electron chi connectivity index (χ3n) is 5.21. The van der Waals surface area contributed by atoms with E-state index in [1.165, 1.54) is 28.0 Å². The number of ether oxygens (including phenoxy) is 1. The minimum Gasteiger partial charge on any atom is -0.485 e. The molecule has 3 heteroatoms. The van der Waals surface area contributed by atoms with Crippen LogP contribution in [0.25, 0.3) is 16.7 Å². The number of anilines is 2. The Balaban J connectivity index is 2.02. The molecule has 0 saturated carbocycles. The molecule has 2 heterocycles. The Bertz CT molecular complexity index is 924. The molecule has 2 aliphatic rings. The van der Waals surface area contributed by atoms with Crippen LogP contribution >= 0.6 is 0 Å². The topological polar surface area (TPSA) is 33.3 Å². The van der Waals surface area contributed by atoms with E-state index in [0.29, 0.717) is 0 Å². The van der Waals surface area contributed by atoms with Crippen molar-refractivity contribution >= 4 is 16.9 Å². The molecule has 3 nitrogen and oxygen atoms in total. The number of hydrogen-bond donors (Lipinski definition) is 2. The van der Waals surface area contributed by atoms with E-state index < -0.39 is 0 Å². The van der Waals surface area contributed by atoms with E-state index in [0.717, 1.165) is 23.4 Å². The van der Waals surface area contributed by atoms with Gasteiger partial charge in [-0.3, -0.25) is 0 Å².